The molecule has 2 aromatic rings. The summed E-state index contributed by atoms with van der Waals surface area (Å²) in [7, 11) is -3.58. The van der Waals surface area contributed by atoms with Crippen molar-refractivity contribution in [3.63, 3.8) is 0 Å². The number of carbonyl (C=O) groups is 1. The molecular weight excluding hydrogens is 372 g/mol. The maximum absolute atomic E-state index is 12.4. The lowest BCUT2D eigenvalue weighted by Crippen LogP contribution is -2.27. The molecule has 0 unspecified atom stereocenters. The van der Waals surface area contributed by atoms with Gasteiger partial charge in [0.15, 0.2) is 0 Å². The van der Waals surface area contributed by atoms with E-state index in [2.05, 4.69) is 10.0 Å². The molecule has 140 valence electrons. The second-order valence-electron chi connectivity index (χ2n) is 6.66. The van der Waals surface area contributed by atoms with E-state index in [1.807, 2.05) is 33.8 Å². The highest BCUT2D eigenvalue weighted by Gasteiger charge is 2.16. The third-order valence-electron chi connectivity index (χ3n) is 3.78. The first kappa shape index (κ1) is 20.4. The minimum absolute atomic E-state index is 0.124. The maximum atomic E-state index is 12.4. The molecule has 0 aliphatic heterocycles. The average Bonchev–Trinajstić information content (AvgIpc) is 2.56. The number of aryl methyl sites for hydroxylation is 2. The number of amides is 1. The number of halogens is 1. The van der Waals surface area contributed by atoms with Gasteiger partial charge < -0.3 is 5.32 Å². The van der Waals surface area contributed by atoms with E-state index in [1.54, 1.807) is 6.07 Å². The first-order chi connectivity index (χ1) is 12.1. The quantitative estimate of drug-likeness (QED) is 0.772. The molecule has 2 rings (SSSR count). The van der Waals surface area contributed by atoms with Crippen molar-refractivity contribution in [2.45, 2.75) is 32.6 Å². The Balaban J connectivity index is 2.17. The summed E-state index contributed by atoms with van der Waals surface area (Å²) in [5, 5.41) is 3.25. The normalized spacial score (nSPS) is 11.6. The van der Waals surface area contributed by atoms with Crippen molar-refractivity contribution in [3.8, 4) is 0 Å². The Bertz CT molecular complexity index is 884. The van der Waals surface area contributed by atoms with Crippen LogP contribution in [0, 0.1) is 19.8 Å². The average molecular weight is 395 g/mol. The number of rotatable bonds is 6. The molecule has 0 atom stereocenters. The van der Waals surface area contributed by atoms with Crippen LogP contribution in [0.25, 0.3) is 0 Å². The predicted molar refractivity (Wildman–Crippen MR) is 105 cm³/mol. The number of anilines is 1. The van der Waals surface area contributed by atoms with E-state index in [0.717, 1.165) is 11.1 Å². The Morgan fingerprint density at radius 3 is 2.27 bits per heavy atom. The molecule has 0 aliphatic rings. The first-order valence-corrected chi connectivity index (χ1v) is 10.1. The number of carbonyl (C=O) groups excluding carboxylic acids is 1. The Morgan fingerprint density at radius 2 is 1.73 bits per heavy atom. The third-order valence-corrected chi connectivity index (χ3v) is 5.52. The molecule has 0 saturated carbocycles. The van der Waals surface area contributed by atoms with Crippen molar-refractivity contribution in [2.24, 2.45) is 5.92 Å². The van der Waals surface area contributed by atoms with Crippen molar-refractivity contribution >= 4 is 33.2 Å². The summed E-state index contributed by atoms with van der Waals surface area (Å²) in [5.41, 5.74) is 2.77. The van der Waals surface area contributed by atoms with Crippen LogP contribution >= 0.6 is 11.6 Å². The summed E-state index contributed by atoms with van der Waals surface area (Å²) < 4.78 is 26.9. The van der Waals surface area contributed by atoms with Crippen LogP contribution in [-0.4, -0.2) is 20.9 Å². The fourth-order valence-electron chi connectivity index (χ4n) is 2.40. The molecule has 26 heavy (non-hydrogen) atoms. The number of nitrogens with one attached hydrogen (secondary N) is 2. The second-order valence-corrected chi connectivity index (χ2v) is 8.84. The van der Waals surface area contributed by atoms with Gasteiger partial charge in [-0.25, -0.2) is 13.1 Å². The lowest BCUT2D eigenvalue weighted by Gasteiger charge is -2.12. The highest BCUT2D eigenvalue weighted by molar-refractivity contribution is 7.89. The van der Waals surface area contributed by atoms with Crippen LogP contribution in [0.4, 0.5) is 5.69 Å². The third kappa shape index (κ3) is 5.06. The van der Waals surface area contributed by atoms with Gasteiger partial charge in [0.2, 0.25) is 10.0 Å². The maximum Gasteiger partial charge on any atom is 0.255 e. The van der Waals surface area contributed by atoms with E-state index < -0.39 is 10.0 Å². The monoisotopic (exact) mass is 394 g/mol. The highest BCUT2D eigenvalue weighted by atomic mass is 35.5. The van der Waals surface area contributed by atoms with Gasteiger partial charge in [-0.2, -0.15) is 0 Å². The minimum Gasteiger partial charge on any atom is -0.320 e. The summed E-state index contributed by atoms with van der Waals surface area (Å²) in [6, 6.07) is 9.51. The second kappa shape index (κ2) is 8.20. The lowest BCUT2D eigenvalue weighted by molar-refractivity contribution is 0.102. The number of hydrogen-bond acceptors (Lipinski definition) is 3. The van der Waals surface area contributed by atoms with E-state index in [-0.39, 0.29) is 16.7 Å². The van der Waals surface area contributed by atoms with E-state index in [9.17, 15) is 13.2 Å². The van der Waals surface area contributed by atoms with Gasteiger partial charge in [-0.1, -0.05) is 31.5 Å². The summed E-state index contributed by atoms with van der Waals surface area (Å²) in [4.78, 5) is 12.6. The Kier molecular flexibility index (Phi) is 6.44. The SMILES string of the molecule is Cc1cc(C)c(NC(=O)c2ccc(S(=O)(=O)NCC(C)C)cc2)c(Cl)c1. The van der Waals surface area contributed by atoms with Crippen molar-refractivity contribution in [1.29, 1.82) is 0 Å². The van der Waals surface area contributed by atoms with Crippen LogP contribution in [-0.2, 0) is 10.0 Å². The molecule has 0 fully saturated rings. The van der Waals surface area contributed by atoms with E-state index >= 15 is 0 Å². The lowest BCUT2D eigenvalue weighted by atomic mass is 10.1. The van der Waals surface area contributed by atoms with Gasteiger partial charge in [0.1, 0.15) is 0 Å². The van der Waals surface area contributed by atoms with Gasteiger partial charge in [0.25, 0.3) is 5.91 Å². The molecule has 7 heteroatoms. The Hall–Kier alpha value is -1.89. The molecule has 1 amide bonds. The van der Waals surface area contributed by atoms with Gasteiger partial charge in [0.05, 0.1) is 15.6 Å². The van der Waals surface area contributed by atoms with E-state index in [0.29, 0.717) is 22.8 Å². The molecular formula is C19H23ClN2O3S. The topological polar surface area (TPSA) is 75.3 Å². The Morgan fingerprint density at radius 1 is 1.12 bits per heavy atom. The predicted octanol–water partition coefficient (Wildman–Crippen LogP) is 4.14. The summed E-state index contributed by atoms with van der Waals surface area (Å²) in [6.45, 7) is 8.00. The molecule has 0 spiro atoms. The van der Waals surface area contributed by atoms with Crippen LogP contribution in [0.2, 0.25) is 5.02 Å². The molecule has 0 bridgehead atoms. The van der Waals surface area contributed by atoms with Crippen LogP contribution in [0.3, 0.4) is 0 Å². The number of sulfonamides is 1. The minimum atomic E-state index is -3.58. The van der Waals surface area contributed by atoms with Gasteiger partial charge in [-0.05, 0) is 61.2 Å². The van der Waals surface area contributed by atoms with Crippen molar-refractivity contribution in [3.05, 3.63) is 58.1 Å². The highest BCUT2D eigenvalue weighted by Crippen LogP contribution is 2.27. The summed E-state index contributed by atoms with van der Waals surface area (Å²) in [6.07, 6.45) is 0. The van der Waals surface area contributed by atoms with E-state index in [1.165, 1.54) is 24.3 Å². The zero-order chi connectivity index (χ0) is 19.5. The van der Waals surface area contributed by atoms with Crippen LogP contribution in [0.5, 0.6) is 0 Å². The van der Waals surface area contributed by atoms with Crippen LogP contribution in [0.1, 0.15) is 35.3 Å². The van der Waals surface area contributed by atoms with Crippen LogP contribution < -0.4 is 10.0 Å². The van der Waals surface area contributed by atoms with Gasteiger partial charge in [-0.15, -0.1) is 0 Å². The Labute approximate surface area is 159 Å². The van der Waals surface area contributed by atoms with Gasteiger partial charge >= 0.3 is 0 Å². The molecule has 0 radical (unpaired) electrons. The zero-order valence-corrected chi connectivity index (χ0v) is 16.8. The molecule has 2 aromatic carbocycles. The zero-order valence-electron chi connectivity index (χ0n) is 15.3. The fourth-order valence-corrected chi connectivity index (χ4v) is 3.99. The van der Waals surface area contributed by atoms with Crippen LogP contribution in [0.15, 0.2) is 41.3 Å². The molecule has 0 aliphatic carbocycles. The molecule has 0 heterocycles. The molecule has 5 nitrogen and oxygen atoms in total. The van der Waals surface area contributed by atoms with Crippen molar-refractivity contribution in [2.75, 3.05) is 11.9 Å². The molecule has 0 aromatic heterocycles. The van der Waals surface area contributed by atoms with Gasteiger partial charge in [0, 0.05) is 12.1 Å². The number of hydrogen-bond donors (Lipinski definition) is 2. The number of benzene rings is 2. The summed E-state index contributed by atoms with van der Waals surface area (Å²) in [5.74, 6) is -0.143. The first-order valence-electron chi connectivity index (χ1n) is 8.28. The largest absolute Gasteiger partial charge is 0.320 e. The van der Waals surface area contributed by atoms with Gasteiger partial charge in [-0.3, -0.25) is 4.79 Å². The van der Waals surface area contributed by atoms with Crippen molar-refractivity contribution in [1.82, 2.24) is 4.72 Å². The fraction of sp³-hybridized carbons (Fsp3) is 0.316. The standard InChI is InChI=1S/C19H23ClN2O3S/c1-12(2)11-21-26(24,25)16-7-5-15(6-8-16)19(23)22-18-14(4)9-13(3)10-17(18)20/h5-10,12,21H,11H2,1-4H3,(H,22,23). The molecule has 0 saturated heterocycles. The van der Waals surface area contributed by atoms with E-state index in [4.69, 9.17) is 11.6 Å². The molecule has 2 N–H and O–H groups in total. The van der Waals surface area contributed by atoms with Crippen molar-refractivity contribution < 1.29 is 13.2 Å². The smallest absolute Gasteiger partial charge is 0.255 e. The summed E-state index contributed by atoms with van der Waals surface area (Å²) >= 11 is 6.21.